The molecule has 0 heterocycles. The van der Waals surface area contributed by atoms with E-state index < -0.39 is 0 Å². The molecule has 0 bridgehead atoms. The maximum atomic E-state index is 13.4. The first-order valence-electron chi connectivity index (χ1n) is 9.90. The van der Waals surface area contributed by atoms with Crippen LogP contribution in [-0.4, -0.2) is 28.8 Å². The van der Waals surface area contributed by atoms with E-state index in [1.807, 2.05) is 29.2 Å². The van der Waals surface area contributed by atoms with Gasteiger partial charge in [0.05, 0.1) is 11.6 Å². The molecule has 3 rings (SSSR count). The molecule has 0 spiro atoms. The smallest absolute Gasteiger partial charge is 0.254 e. The van der Waals surface area contributed by atoms with Crippen LogP contribution < -0.4 is 11.1 Å². The zero-order valence-electron chi connectivity index (χ0n) is 16.6. The van der Waals surface area contributed by atoms with Gasteiger partial charge in [0, 0.05) is 36.8 Å². The second-order valence-electron chi connectivity index (χ2n) is 7.53. The van der Waals surface area contributed by atoms with Crippen molar-refractivity contribution in [3.8, 4) is 6.07 Å². The third-order valence-electron chi connectivity index (χ3n) is 5.37. The van der Waals surface area contributed by atoms with Crippen LogP contribution in [0.5, 0.6) is 0 Å². The van der Waals surface area contributed by atoms with Crippen LogP contribution in [0.2, 0.25) is 0 Å². The van der Waals surface area contributed by atoms with E-state index in [4.69, 9.17) is 11.0 Å². The summed E-state index contributed by atoms with van der Waals surface area (Å²) >= 11 is 0. The minimum absolute atomic E-state index is 0.0763. The van der Waals surface area contributed by atoms with E-state index in [9.17, 15) is 9.59 Å². The third-order valence-corrected chi connectivity index (χ3v) is 5.37. The van der Waals surface area contributed by atoms with Crippen molar-refractivity contribution < 1.29 is 9.59 Å². The fraction of sp³-hybridized carbons (Fsp3) is 0.348. The van der Waals surface area contributed by atoms with Gasteiger partial charge >= 0.3 is 0 Å². The van der Waals surface area contributed by atoms with E-state index in [1.165, 1.54) is 6.92 Å². The number of nitrogens with zero attached hydrogens (tertiary/aromatic N) is 2. The lowest BCUT2D eigenvalue weighted by Gasteiger charge is -2.36. The van der Waals surface area contributed by atoms with Gasteiger partial charge in [-0.15, -0.1) is 0 Å². The molecule has 29 heavy (non-hydrogen) atoms. The molecule has 1 aliphatic carbocycles. The van der Waals surface area contributed by atoms with E-state index in [2.05, 4.69) is 11.4 Å². The molecule has 0 aromatic heterocycles. The molecule has 1 fully saturated rings. The van der Waals surface area contributed by atoms with Gasteiger partial charge in [-0.3, -0.25) is 9.59 Å². The highest BCUT2D eigenvalue weighted by Crippen LogP contribution is 2.27. The number of nitriles is 1. The molecule has 0 atom stereocenters. The summed E-state index contributed by atoms with van der Waals surface area (Å²) in [7, 11) is 0. The van der Waals surface area contributed by atoms with E-state index in [0.717, 1.165) is 31.2 Å². The zero-order chi connectivity index (χ0) is 20.8. The number of amides is 2. The highest BCUT2D eigenvalue weighted by atomic mass is 16.2. The molecule has 1 saturated carbocycles. The van der Waals surface area contributed by atoms with Gasteiger partial charge < -0.3 is 16.0 Å². The van der Waals surface area contributed by atoms with E-state index in [0.29, 0.717) is 23.4 Å². The Morgan fingerprint density at radius 3 is 2.38 bits per heavy atom. The molecule has 2 amide bonds. The molecule has 2 aromatic rings. The molecule has 3 N–H and O–H groups in total. The van der Waals surface area contributed by atoms with Gasteiger partial charge in [0.1, 0.15) is 0 Å². The molecule has 0 radical (unpaired) electrons. The number of nitrogens with one attached hydrogen (secondary N) is 1. The van der Waals surface area contributed by atoms with Crippen LogP contribution in [0.15, 0.2) is 48.5 Å². The topological polar surface area (TPSA) is 99.2 Å². The van der Waals surface area contributed by atoms with Crippen molar-refractivity contribution in [3.63, 3.8) is 0 Å². The second kappa shape index (κ2) is 9.35. The van der Waals surface area contributed by atoms with Gasteiger partial charge in [-0.25, -0.2) is 0 Å². The first kappa shape index (κ1) is 20.6. The van der Waals surface area contributed by atoms with Gasteiger partial charge in [0.25, 0.3) is 5.91 Å². The van der Waals surface area contributed by atoms with Gasteiger partial charge in [0.15, 0.2) is 0 Å². The minimum Gasteiger partial charge on any atom is -0.331 e. The number of hydrogen-bond acceptors (Lipinski definition) is 4. The first-order chi connectivity index (χ1) is 14.0. The quantitative estimate of drug-likeness (QED) is 0.817. The number of nitrogens with two attached hydrogens (primary N) is 1. The minimum atomic E-state index is -0.147. The number of rotatable bonds is 5. The molecule has 1 aliphatic rings. The summed E-state index contributed by atoms with van der Waals surface area (Å²) in [5.74, 6) is -0.223. The molecule has 0 unspecified atom stereocenters. The van der Waals surface area contributed by atoms with Crippen molar-refractivity contribution in [1.29, 1.82) is 5.26 Å². The summed E-state index contributed by atoms with van der Waals surface area (Å²) < 4.78 is 0. The van der Waals surface area contributed by atoms with Crippen molar-refractivity contribution in [2.75, 3.05) is 5.32 Å². The summed E-state index contributed by atoms with van der Waals surface area (Å²) in [6.45, 7) is 1.87. The Morgan fingerprint density at radius 2 is 1.76 bits per heavy atom. The van der Waals surface area contributed by atoms with Crippen LogP contribution in [0.3, 0.4) is 0 Å². The van der Waals surface area contributed by atoms with Crippen molar-refractivity contribution in [2.24, 2.45) is 5.73 Å². The Hall–Kier alpha value is -3.17. The number of carbonyl (C=O) groups excluding carboxylic acids is 2. The average Bonchev–Trinajstić information content (AvgIpc) is 2.73. The molecule has 150 valence electrons. The van der Waals surface area contributed by atoms with E-state index in [-0.39, 0.29) is 23.9 Å². The van der Waals surface area contributed by atoms with Crippen molar-refractivity contribution in [3.05, 3.63) is 65.2 Å². The molecular formula is C23H26N4O2. The largest absolute Gasteiger partial charge is 0.331 e. The normalized spacial score (nSPS) is 18.5. The van der Waals surface area contributed by atoms with Crippen molar-refractivity contribution in [1.82, 2.24) is 4.90 Å². The average molecular weight is 390 g/mol. The summed E-state index contributed by atoms with van der Waals surface area (Å²) in [5.41, 5.74) is 8.74. The third kappa shape index (κ3) is 5.21. The number of carbonyl (C=O) groups is 2. The highest BCUT2D eigenvalue weighted by Gasteiger charge is 2.29. The summed E-state index contributed by atoms with van der Waals surface area (Å²) in [6.07, 6.45) is 3.47. The number of para-hydroxylation sites is 1. The monoisotopic (exact) mass is 390 g/mol. The summed E-state index contributed by atoms with van der Waals surface area (Å²) in [5, 5.41) is 11.9. The molecular weight excluding hydrogens is 364 g/mol. The zero-order valence-corrected chi connectivity index (χ0v) is 16.6. The second-order valence-corrected chi connectivity index (χ2v) is 7.53. The van der Waals surface area contributed by atoms with Gasteiger partial charge in [0.2, 0.25) is 5.91 Å². The molecule has 0 saturated heterocycles. The summed E-state index contributed by atoms with van der Waals surface area (Å²) in [6, 6.07) is 16.6. The molecule has 2 aromatic carbocycles. The predicted octanol–water partition coefficient (Wildman–Crippen LogP) is 3.43. The fourth-order valence-electron chi connectivity index (χ4n) is 3.79. The van der Waals surface area contributed by atoms with Gasteiger partial charge in [-0.1, -0.05) is 18.2 Å². The lowest BCUT2D eigenvalue weighted by atomic mass is 9.90. The fourth-order valence-corrected chi connectivity index (χ4v) is 3.79. The lowest BCUT2D eigenvalue weighted by molar-refractivity contribution is -0.114. The maximum Gasteiger partial charge on any atom is 0.254 e. The first-order valence-corrected chi connectivity index (χ1v) is 9.90. The molecule has 6 heteroatoms. The van der Waals surface area contributed by atoms with Crippen LogP contribution in [-0.2, 0) is 11.3 Å². The van der Waals surface area contributed by atoms with Gasteiger partial charge in [-0.05, 0) is 61.6 Å². The maximum absolute atomic E-state index is 13.4. The Morgan fingerprint density at radius 1 is 1.10 bits per heavy atom. The molecule has 6 nitrogen and oxygen atoms in total. The Bertz CT molecular complexity index is 909. The number of hydrogen-bond donors (Lipinski definition) is 2. The Balaban J connectivity index is 1.90. The SMILES string of the molecule is CC(=O)Nc1ccccc1CN(C(=O)c1ccc(C#N)cc1)C1CCC(N)CC1. The van der Waals surface area contributed by atoms with Crippen LogP contribution in [0.1, 0.15) is 54.1 Å². The molecule has 0 aliphatic heterocycles. The van der Waals surface area contributed by atoms with Crippen molar-refractivity contribution >= 4 is 17.5 Å². The van der Waals surface area contributed by atoms with Gasteiger partial charge in [-0.2, -0.15) is 5.26 Å². The van der Waals surface area contributed by atoms with Crippen LogP contribution >= 0.6 is 0 Å². The van der Waals surface area contributed by atoms with E-state index >= 15 is 0 Å². The predicted molar refractivity (Wildman–Crippen MR) is 112 cm³/mol. The number of anilines is 1. The van der Waals surface area contributed by atoms with Crippen LogP contribution in [0.4, 0.5) is 5.69 Å². The summed E-state index contributed by atoms with van der Waals surface area (Å²) in [4.78, 5) is 26.8. The standard InChI is InChI=1S/C23H26N4O2/c1-16(28)26-22-5-3-2-4-19(22)15-27(21-12-10-20(25)11-13-21)23(29)18-8-6-17(14-24)7-9-18/h2-9,20-21H,10-13,15,25H2,1H3,(H,26,28). The van der Waals surface area contributed by atoms with Crippen molar-refractivity contribution in [2.45, 2.75) is 51.2 Å². The Kier molecular flexibility index (Phi) is 6.63. The van der Waals surface area contributed by atoms with E-state index in [1.54, 1.807) is 24.3 Å². The Labute approximate surface area is 171 Å². The highest BCUT2D eigenvalue weighted by molar-refractivity contribution is 5.95. The van der Waals surface area contributed by atoms with Crippen LogP contribution in [0, 0.1) is 11.3 Å². The van der Waals surface area contributed by atoms with Crippen LogP contribution in [0.25, 0.3) is 0 Å². The number of benzene rings is 2. The lowest BCUT2D eigenvalue weighted by Crippen LogP contribution is -2.44.